The van der Waals surface area contributed by atoms with Gasteiger partial charge in [-0.1, -0.05) is 24.3 Å². The quantitative estimate of drug-likeness (QED) is 0.890. The van der Waals surface area contributed by atoms with Crippen LogP contribution in [0.15, 0.2) is 24.3 Å². The maximum Gasteiger partial charge on any atom is 0.320 e. The lowest BCUT2D eigenvalue weighted by Gasteiger charge is -2.35. The number of fused-ring (bicyclic) bond motifs is 1. The number of amides is 3. The summed E-state index contributed by atoms with van der Waals surface area (Å²) in [6.45, 7) is 3.81. The number of likely N-dealkylation sites (tertiary alicyclic amines) is 2. The molecule has 3 aliphatic rings. The molecule has 2 heterocycles. The Morgan fingerprint density at radius 1 is 0.963 bits per heavy atom. The molecule has 27 heavy (non-hydrogen) atoms. The Hall–Kier alpha value is -2.04. The molecule has 1 N–H and O–H groups in total. The number of nitrogens with zero attached hydrogens (tertiary/aromatic N) is 2. The maximum atomic E-state index is 12.8. The Morgan fingerprint density at radius 3 is 2.59 bits per heavy atom. The Labute approximate surface area is 162 Å². The summed E-state index contributed by atoms with van der Waals surface area (Å²) in [5.74, 6) is 0.478. The minimum absolute atomic E-state index is 0.0656. The molecule has 4 rings (SSSR count). The molecule has 2 atom stereocenters. The highest BCUT2D eigenvalue weighted by Crippen LogP contribution is 2.31. The number of urea groups is 1. The van der Waals surface area contributed by atoms with Crippen molar-refractivity contribution in [2.45, 2.75) is 50.9 Å². The summed E-state index contributed by atoms with van der Waals surface area (Å²) in [5, 5.41) is 3.20. The van der Waals surface area contributed by atoms with E-state index in [9.17, 15) is 9.59 Å². The molecule has 1 aromatic rings. The average Bonchev–Trinajstić information content (AvgIpc) is 3.26. The number of nitrogens with one attached hydrogen (secondary N) is 1. The third kappa shape index (κ3) is 4.12. The van der Waals surface area contributed by atoms with Crippen LogP contribution in [-0.4, -0.2) is 54.5 Å². The van der Waals surface area contributed by atoms with Crippen LogP contribution in [0.2, 0.25) is 0 Å². The van der Waals surface area contributed by atoms with Gasteiger partial charge in [0.2, 0.25) is 5.91 Å². The van der Waals surface area contributed by atoms with E-state index in [1.165, 1.54) is 17.5 Å². The van der Waals surface area contributed by atoms with Crippen molar-refractivity contribution in [3.63, 3.8) is 0 Å². The van der Waals surface area contributed by atoms with Gasteiger partial charge in [-0.2, -0.15) is 0 Å². The average molecular weight is 370 g/mol. The molecule has 146 valence electrons. The SMILES string of the molecule is O=C(NC[C@H]1CCCc2ccccc21)[C@H]1CCCN(C(=O)N2CCCC2)C1. The maximum absolute atomic E-state index is 12.8. The summed E-state index contributed by atoms with van der Waals surface area (Å²) in [6, 6.07) is 8.76. The van der Waals surface area contributed by atoms with Crippen LogP contribution >= 0.6 is 0 Å². The van der Waals surface area contributed by atoms with Crippen LogP contribution in [0.5, 0.6) is 0 Å². The van der Waals surface area contributed by atoms with E-state index >= 15 is 0 Å². The van der Waals surface area contributed by atoms with Crippen molar-refractivity contribution >= 4 is 11.9 Å². The Morgan fingerprint density at radius 2 is 1.74 bits per heavy atom. The fourth-order valence-electron chi connectivity index (χ4n) is 4.91. The van der Waals surface area contributed by atoms with Gasteiger partial charge >= 0.3 is 6.03 Å². The summed E-state index contributed by atoms with van der Waals surface area (Å²) < 4.78 is 0. The molecule has 2 fully saturated rings. The lowest BCUT2D eigenvalue weighted by molar-refractivity contribution is -0.126. The second-order valence-corrected chi connectivity index (χ2v) is 8.30. The van der Waals surface area contributed by atoms with Crippen molar-refractivity contribution in [3.05, 3.63) is 35.4 Å². The molecule has 0 radical (unpaired) electrons. The second-order valence-electron chi connectivity index (χ2n) is 8.30. The first-order chi connectivity index (χ1) is 13.2. The van der Waals surface area contributed by atoms with Gasteiger partial charge in [0.15, 0.2) is 0 Å². The van der Waals surface area contributed by atoms with E-state index in [0.717, 1.165) is 58.2 Å². The fraction of sp³-hybridized carbons (Fsp3) is 0.636. The van der Waals surface area contributed by atoms with E-state index in [1.807, 2.05) is 9.80 Å². The predicted molar refractivity (Wildman–Crippen MR) is 106 cm³/mol. The second kappa shape index (κ2) is 8.32. The smallest absolute Gasteiger partial charge is 0.320 e. The number of piperidine rings is 1. The van der Waals surface area contributed by atoms with E-state index in [4.69, 9.17) is 0 Å². The number of aryl methyl sites for hydroxylation is 1. The summed E-state index contributed by atoms with van der Waals surface area (Å²) in [7, 11) is 0. The Bertz CT molecular complexity index is 684. The minimum atomic E-state index is -0.0656. The van der Waals surface area contributed by atoms with Crippen molar-refractivity contribution in [1.82, 2.24) is 15.1 Å². The minimum Gasteiger partial charge on any atom is -0.355 e. The number of rotatable bonds is 3. The normalized spacial score (nSPS) is 25.2. The molecule has 0 spiro atoms. The number of hydrogen-bond acceptors (Lipinski definition) is 2. The summed E-state index contributed by atoms with van der Waals surface area (Å²) in [5.41, 5.74) is 2.83. The topological polar surface area (TPSA) is 52.7 Å². The van der Waals surface area contributed by atoms with Crippen molar-refractivity contribution in [3.8, 4) is 0 Å². The number of hydrogen-bond donors (Lipinski definition) is 1. The summed E-state index contributed by atoms with van der Waals surface area (Å²) >= 11 is 0. The number of benzene rings is 1. The highest BCUT2D eigenvalue weighted by atomic mass is 16.2. The molecule has 0 bridgehead atoms. The lowest BCUT2D eigenvalue weighted by Crippen LogP contribution is -2.50. The van der Waals surface area contributed by atoms with Crippen LogP contribution in [0.1, 0.15) is 55.6 Å². The van der Waals surface area contributed by atoms with Crippen molar-refractivity contribution in [1.29, 1.82) is 0 Å². The zero-order valence-electron chi connectivity index (χ0n) is 16.2. The molecule has 5 heteroatoms. The van der Waals surface area contributed by atoms with Crippen molar-refractivity contribution < 1.29 is 9.59 Å². The van der Waals surface area contributed by atoms with Crippen LogP contribution in [-0.2, 0) is 11.2 Å². The molecule has 0 saturated carbocycles. The zero-order chi connectivity index (χ0) is 18.6. The van der Waals surface area contributed by atoms with Gasteiger partial charge in [-0.25, -0.2) is 4.79 Å². The highest BCUT2D eigenvalue weighted by molar-refractivity contribution is 5.81. The molecule has 1 aliphatic carbocycles. The van der Waals surface area contributed by atoms with Crippen LogP contribution in [0.25, 0.3) is 0 Å². The number of carbonyl (C=O) groups excluding carboxylic acids is 2. The van der Waals surface area contributed by atoms with Gasteiger partial charge in [0.05, 0.1) is 5.92 Å². The molecular formula is C22H31N3O2. The van der Waals surface area contributed by atoms with Gasteiger partial charge in [0.1, 0.15) is 0 Å². The molecule has 0 unspecified atom stereocenters. The molecule has 1 aromatic carbocycles. The van der Waals surface area contributed by atoms with E-state index in [2.05, 4.69) is 29.6 Å². The van der Waals surface area contributed by atoms with Gasteiger partial charge in [0.25, 0.3) is 0 Å². The van der Waals surface area contributed by atoms with E-state index in [1.54, 1.807) is 0 Å². The Kier molecular flexibility index (Phi) is 5.65. The van der Waals surface area contributed by atoms with Gasteiger partial charge in [-0.05, 0) is 56.1 Å². The third-order valence-electron chi connectivity index (χ3n) is 6.46. The molecular weight excluding hydrogens is 338 g/mol. The van der Waals surface area contributed by atoms with E-state index in [-0.39, 0.29) is 17.9 Å². The summed E-state index contributed by atoms with van der Waals surface area (Å²) in [4.78, 5) is 29.3. The van der Waals surface area contributed by atoms with Crippen LogP contribution in [0.4, 0.5) is 4.79 Å². The van der Waals surface area contributed by atoms with Crippen LogP contribution < -0.4 is 5.32 Å². The number of carbonyl (C=O) groups is 2. The van der Waals surface area contributed by atoms with Gasteiger partial charge in [-0.3, -0.25) is 4.79 Å². The largest absolute Gasteiger partial charge is 0.355 e. The van der Waals surface area contributed by atoms with Crippen molar-refractivity contribution in [2.75, 3.05) is 32.7 Å². The van der Waals surface area contributed by atoms with E-state index < -0.39 is 0 Å². The molecule has 5 nitrogen and oxygen atoms in total. The zero-order valence-corrected chi connectivity index (χ0v) is 16.2. The molecule has 3 amide bonds. The third-order valence-corrected chi connectivity index (χ3v) is 6.46. The highest BCUT2D eigenvalue weighted by Gasteiger charge is 2.32. The van der Waals surface area contributed by atoms with Crippen LogP contribution in [0.3, 0.4) is 0 Å². The van der Waals surface area contributed by atoms with Crippen molar-refractivity contribution in [2.24, 2.45) is 5.92 Å². The molecule has 0 aromatic heterocycles. The van der Waals surface area contributed by atoms with Crippen LogP contribution in [0, 0.1) is 5.92 Å². The molecule has 2 aliphatic heterocycles. The van der Waals surface area contributed by atoms with Gasteiger partial charge in [-0.15, -0.1) is 0 Å². The lowest BCUT2D eigenvalue weighted by atomic mass is 9.83. The predicted octanol–water partition coefficient (Wildman–Crippen LogP) is 3.15. The van der Waals surface area contributed by atoms with Gasteiger partial charge < -0.3 is 15.1 Å². The van der Waals surface area contributed by atoms with Gasteiger partial charge in [0, 0.05) is 38.6 Å². The first-order valence-electron chi connectivity index (χ1n) is 10.6. The van der Waals surface area contributed by atoms with E-state index in [0.29, 0.717) is 19.0 Å². The first kappa shape index (κ1) is 18.3. The Balaban J connectivity index is 1.31. The fourth-order valence-corrected chi connectivity index (χ4v) is 4.91. The monoisotopic (exact) mass is 369 g/mol. The standard InChI is InChI=1S/C22H31N3O2/c26-21(23-15-18-9-5-8-17-7-1-2-11-20(17)18)19-10-6-14-25(16-19)22(27)24-12-3-4-13-24/h1-2,7,11,18-19H,3-6,8-10,12-16H2,(H,23,26)/t18-,19+/m1/s1. The summed E-state index contributed by atoms with van der Waals surface area (Å²) in [6.07, 6.45) is 7.50. The first-order valence-corrected chi connectivity index (χ1v) is 10.6. The molecule has 2 saturated heterocycles.